The standard InChI is InChI=1S/C15H15N3O5/c1-22-13-6-4-3-5-11(13)16-15(19)17-12-8-7-10(18(20)21)9-14(12)23-2/h3-9H,1-2H3,(H2,16,17,19). The third-order valence-electron chi connectivity index (χ3n) is 3.00. The maximum absolute atomic E-state index is 12.1. The molecule has 0 atom stereocenters. The molecule has 0 spiro atoms. The van der Waals surface area contributed by atoms with Crippen LogP contribution in [0.4, 0.5) is 21.9 Å². The molecular formula is C15H15N3O5. The van der Waals surface area contributed by atoms with Gasteiger partial charge in [0.1, 0.15) is 11.5 Å². The molecule has 0 heterocycles. The van der Waals surface area contributed by atoms with Gasteiger partial charge in [0, 0.05) is 6.07 Å². The average Bonchev–Trinajstić information content (AvgIpc) is 2.55. The van der Waals surface area contributed by atoms with Crippen molar-refractivity contribution in [1.82, 2.24) is 0 Å². The summed E-state index contributed by atoms with van der Waals surface area (Å²) in [5.74, 6) is 0.702. The van der Waals surface area contributed by atoms with Crippen molar-refractivity contribution in [2.75, 3.05) is 24.9 Å². The number of para-hydroxylation sites is 2. The highest BCUT2D eigenvalue weighted by molar-refractivity contribution is 6.01. The Morgan fingerprint density at radius 2 is 1.61 bits per heavy atom. The van der Waals surface area contributed by atoms with E-state index in [9.17, 15) is 14.9 Å². The van der Waals surface area contributed by atoms with Gasteiger partial charge in [-0.3, -0.25) is 10.1 Å². The highest BCUT2D eigenvalue weighted by Gasteiger charge is 2.14. The number of urea groups is 1. The van der Waals surface area contributed by atoms with Crippen LogP contribution in [-0.2, 0) is 0 Å². The van der Waals surface area contributed by atoms with Crippen LogP contribution in [0, 0.1) is 10.1 Å². The number of hydrogen-bond acceptors (Lipinski definition) is 5. The van der Waals surface area contributed by atoms with Gasteiger partial charge in [-0.05, 0) is 18.2 Å². The van der Waals surface area contributed by atoms with Gasteiger partial charge in [-0.1, -0.05) is 12.1 Å². The van der Waals surface area contributed by atoms with Crippen LogP contribution in [0.3, 0.4) is 0 Å². The minimum Gasteiger partial charge on any atom is -0.495 e. The van der Waals surface area contributed by atoms with Gasteiger partial charge in [0.05, 0.1) is 36.6 Å². The second-order valence-electron chi connectivity index (χ2n) is 4.42. The molecule has 2 aromatic carbocycles. The number of nitrogens with zero attached hydrogens (tertiary/aromatic N) is 1. The predicted octanol–water partition coefficient (Wildman–Crippen LogP) is 3.26. The van der Waals surface area contributed by atoms with Crippen molar-refractivity contribution in [3.05, 3.63) is 52.6 Å². The molecule has 0 bridgehead atoms. The summed E-state index contributed by atoms with van der Waals surface area (Å²) in [5.41, 5.74) is 0.677. The Labute approximate surface area is 132 Å². The molecule has 8 nitrogen and oxygen atoms in total. The van der Waals surface area contributed by atoms with Gasteiger partial charge >= 0.3 is 6.03 Å². The highest BCUT2D eigenvalue weighted by atomic mass is 16.6. The molecule has 2 rings (SSSR count). The van der Waals surface area contributed by atoms with E-state index in [0.717, 1.165) is 0 Å². The lowest BCUT2D eigenvalue weighted by atomic mass is 10.2. The number of hydrogen-bond donors (Lipinski definition) is 2. The molecule has 120 valence electrons. The highest BCUT2D eigenvalue weighted by Crippen LogP contribution is 2.29. The fraction of sp³-hybridized carbons (Fsp3) is 0.133. The first-order valence-electron chi connectivity index (χ1n) is 6.58. The minimum absolute atomic E-state index is 0.127. The Bertz CT molecular complexity index is 733. The van der Waals surface area contributed by atoms with Gasteiger partial charge < -0.3 is 20.1 Å². The fourth-order valence-corrected chi connectivity index (χ4v) is 1.92. The topological polar surface area (TPSA) is 103 Å². The number of nitro groups is 1. The van der Waals surface area contributed by atoms with E-state index in [-0.39, 0.29) is 11.4 Å². The van der Waals surface area contributed by atoms with Crippen molar-refractivity contribution >= 4 is 23.1 Å². The molecule has 0 aliphatic carbocycles. The lowest BCUT2D eigenvalue weighted by Crippen LogP contribution is -2.20. The number of carbonyl (C=O) groups excluding carboxylic acids is 1. The maximum Gasteiger partial charge on any atom is 0.323 e. The summed E-state index contributed by atoms with van der Waals surface area (Å²) in [5, 5.41) is 16.0. The van der Waals surface area contributed by atoms with Crippen LogP contribution in [0.5, 0.6) is 11.5 Å². The van der Waals surface area contributed by atoms with Gasteiger partial charge in [-0.25, -0.2) is 4.79 Å². The Kier molecular flexibility index (Phi) is 4.98. The molecule has 0 aliphatic rings. The van der Waals surface area contributed by atoms with Crippen LogP contribution in [0.25, 0.3) is 0 Å². The van der Waals surface area contributed by atoms with Crippen LogP contribution in [0.2, 0.25) is 0 Å². The second kappa shape index (κ2) is 7.12. The number of carbonyl (C=O) groups is 1. The van der Waals surface area contributed by atoms with Crippen LogP contribution < -0.4 is 20.1 Å². The Morgan fingerprint density at radius 1 is 1.00 bits per heavy atom. The Morgan fingerprint density at radius 3 is 2.22 bits per heavy atom. The number of methoxy groups -OCH3 is 2. The largest absolute Gasteiger partial charge is 0.495 e. The van der Waals surface area contributed by atoms with E-state index in [1.807, 2.05) is 0 Å². The lowest BCUT2D eigenvalue weighted by Gasteiger charge is -2.12. The molecule has 0 aliphatic heterocycles. The first kappa shape index (κ1) is 16.1. The SMILES string of the molecule is COc1ccccc1NC(=O)Nc1ccc([N+](=O)[O-])cc1OC. The molecule has 2 aromatic rings. The summed E-state index contributed by atoms with van der Waals surface area (Å²) in [4.78, 5) is 22.3. The molecule has 8 heteroatoms. The van der Waals surface area contributed by atoms with Crippen LogP contribution in [0.1, 0.15) is 0 Å². The van der Waals surface area contributed by atoms with Crippen LogP contribution in [0.15, 0.2) is 42.5 Å². The van der Waals surface area contributed by atoms with Crippen molar-refractivity contribution in [1.29, 1.82) is 0 Å². The summed E-state index contributed by atoms with van der Waals surface area (Å²) in [6.07, 6.45) is 0. The van der Waals surface area contributed by atoms with E-state index < -0.39 is 11.0 Å². The van der Waals surface area contributed by atoms with Crippen molar-refractivity contribution in [2.24, 2.45) is 0 Å². The molecule has 0 aromatic heterocycles. The zero-order chi connectivity index (χ0) is 16.8. The first-order chi connectivity index (χ1) is 11.0. The minimum atomic E-state index is -0.540. The van der Waals surface area contributed by atoms with Crippen LogP contribution in [-0.4, -0.2) is 25.2 Å². The quantitative estimate of drug-likeness (QED) is 0.651. The molecule has 0 unspecified atom stereocenters. The van der Waals surface area contributed by atoms with Crippen molar-refractivity contribution in [3.8, 4) is 11.5 Å². The number of benzene rings is 2. The van der Waals surface area contributed by atoms with E-state index in [1.54, 1.807) is 24.3 Å². The number of nitro benzene ring substituents is 1. The summed E-state index contributed by atoms with van der Waals surface area (Å²) < 4.78 is 10.2. The van der Waals surface area contributed by atoms with Crippen molar-refractivity contribution in [3.63, 3.8) is 0 Å². The maximum atomic E-state index is 12.1. The summed E-state index contributed by atoms with van der Waals surface area (Å²) in [6, 6.07) is 10.3. The third-order valence-corrected chi connectivity index (χ3v) is 3.00. The molecule has 23 heavy (non-hydrogen) atoms. The number of amides is 2. The van der Waals surface area contributed by atoms with E-state index in [1.165, 1.54) is 32.4 Å². The summed E-state index contributed by atoms with van der Waals surface area (Å²) in [7, 11) is 2.86. The third kappa shape index (κ3) is 3.88. The number of nitrogens with one attached hydrogen (secondary N) is 2. The van der Waals surface area contributed by atoms with Gasteiger partial charge in [-0.2, -0.15) is 0 Å². The molecule has 0 saturated carbocycles. The van der Waals surface area contributed by atoms with E-state index in [2.05, 4.69) is 10.6 Å². The van der Waals surface area contributed by atoms with Gasteiger partial charge in [0.2, 0.25) is 0 Å². The molecule has 0 radical (unpaired) electrons. The van der Waals surface area contributed by atoms with Crippen LogP contribution >= 0.6 is 0 Å². The molecule has 0 fully saturated rings. The second-order valence-corrected chi connectivity index (χ2v) is 4.42. The zero-order valence-corrected chi connectivity index (χ0v) is 12.5. The number of non-ortho nitro benzene ring substituents is 1. The normalized spacial score (nSPS) is 9.83. The van der Waals surface area contributed by atoms with Crippen molar-refractivity contribution < 1.29 is 19.2 Å². The number of rotatable bonds is 5. The monoisotopic (exact) mass is 317 g/mol. The molecule has 2 amide bonds. The first-order valence-corrected chi connectivity index (χ1v) is 6.58. The van der Waals surface area contributed by atoms with Gasteiger partial charge in [0.15, 0.2) is 0 Å². The molecule has 0 saturated heterocycles. The lowest BCUT2D eigenvalue weighted by molar-refractivity contribution is -0.384. The Hall–Kier alpha value is -3.29. The van der Waals surface area contributed by atoms with Crippen molar-refractivity contribution in [2.45, 2.75) is 0 Å². The van der Waals surface area contributed by atoms with E-state index in [4.69, 9.17) is 9.47 Å². The molecule has 2 N–H and O–H groups in total. The number of ether oxygens (including phenoxy) is 2. The smallest absolute Gasteiger partial charge is 0.323 e. The predicted molar refractivity (Wildman–Crippen MR) is 85.3 cm³/mol. The Balaban J connectivity index is 2.15. The van der Waals surface area contributed by atoms with Gasteiger partial charge in [-0.15, -0.1) is 0 Å². The van der Waals surface area contributed by atoms with E-state index >= 15 is 0 Å². The summed E-state index contributed by atoms with van der Waals surface area (Å²) in [6.45, 7) is 0. The zero-order valence-electron chi connectivity index (χ0n) is 12.5. The number of anilines is 2. The fourth-order valence-electron chi connectivity index (χ4n) is 1.92. The van der Waals surface area contributed by atoms with Gasteiger partial charge in [0.25, 0.3) is 5.69 Å². The summed E-state index contributed by atoms with van der Waals surface area (Å²) >= 11 is 0. The molecular weight excluding hydrogens is 302 g/mol. The van der Waals surface area contributed by atoms with E-state index in [0.29, 0.717) is 17.1 Å². The average molecular weight is 317 g/mol.